The Kier molecular flexibility index (Phi) is 8.66. The van der Waals surface area contributed by atoms with E-state index >= 15 is 0 Å². The minimum absolute atomic E-state index is 0. The van der Waals surface area contributed by atoms with Crippen LogP contribution in [-0.2, 0) is 10.2 Å². The molecule has 0 aliphatic heterocycles. The Morgan fingerprint density at radius 1 is 1.22 bits per heavy atom. The molecule has 0 bridgehead atoms. The lowest BCUT2D eigenvalue weighted by Gasteiger charge is -2.24. The largest absolute Gasteiger partial charge is 0.356 e. The van der Waals surface area contributed by atoms with E-state index in [4.69, 9.17) is 11.6 Å². The Labute approximate surface area is 184 Å². The van der Waals surface area contributed by atoms with Crippen molar-refractivity contribution in [2.75, 3.05) is 26.7 Å². The highest BCUT2D eigenvalue weighted by molar-refractivity contribution is 14.0. The molecule has 1 aromatic rings. The number of rotatable bonds is 8. The van der Waals surface area contributed by atoms with E-state index in [-0.39, 0.29) is 41.2 Å². The molecule has 1 amide bonds. The third-order valence-electron chi connectivity index (χ3n) is 5.53. The van der Waals surface area contributed by atoms with Crippen LogP contribution in [0.4, 0.5) is 0 Å². The van der Waals surface area contributed by atoms with Crippen LogP contribution in [0.1, 0.15) is 44.1 Å². The van der Waals surface area contributed by atoms with Crippen molar-refractivity contribution < 1.29 is 4.79 Å². The fraction of sp³-hybridized carbons (Fsp3) is 0.600. The molecule has 2 saturated carbocycles. The Morgan fingerprint density at radius 2 is 1.96 bits per heavy atom. The molecule has 27 heavy (non-hydrogen) atoms. The van der Waals surface area contributed by atoms with Gasteiger partial charge in [-0.25, -0.2) is 0 Å². The molecule has 2 aliphatic rings. The van der Waals surface area contributed by atoms with Crippen molar-refractivity contribution in [3.05, 3.63) is 34.9 Å². The third-order valence-corrected chi connectivity index (χ3v) is 5.76. The van der Waals surface area contributed by atoms with Gasteiger partial charge in [-0.3, -0.25) is 9.79 Å². The molecule has 0 heterocycles. The highest BCUT2D eigenvalue weighted by Crippen LogP contribution is 2.48. The lowest BCUT2D eigenvalue weighted by molar-refractivity contribution is -0.127. The van der Waals surface area contributed by atoms with Crippen LogP contribution in [0.15, 0.2) is 29.3 Å². The average Bonchev–Trinajstić information content (AvgIpc) is 3.37. The van der Waals surface area contributed by atoms with Crippen LogP contribution < -0.4 is 16.0 Å². The van der Waals surface area contributed by atoms with Crippen LogP contribution in [0.3, 0.4) is 0 Å². The fourth-order valence-corrected chi connectivity index (χ4v) is 3.52. The van der Waals surface area contributed by atoms with Crippen LogP contribution in [0, 0.1) is 5.92 Å². The zero-order chi connectivity index (χ0) is 18.4. The predicted octanol–water partition coefficient (Wildman–Crippen LogP) is 3.46. The van der Waals surface area contributed by atoms with E-state index in [0.29, 0.717) is 6.54 Å². The monoisotopic (exact) mass is 504 g/mol. The Morgan fingerprint density at radius 3 is 2.56 bits per heavy atom. The molecule has 7 heteroatoms. The van der Waals surface area contributed by atoms with Crippen molar-refractivity contribution in [1.29, 1.82) is 0 Å². The number of nitrogens with one attached hydrogen (secondary N) is 3. The maximum atomic E-state index is 11.8. The zero-order valence-corrected chi connectivity index (χ0v) is 19.0. The van der Waals surface area contributed by atoms with Crippen LogP contribution in [-0.4, -0.2) is 38.5 Å². The van der Waals surface area contributed by atoms with Gasteiger partial charge in [-0.2, -0.15) is 0 Å². The molecule has 3 rings (SSSR count). The Hall–Kier alpha value is -1.02. The Bertz CT molecular complexity index is 659. The topological polar surface area (TPSA) is 65.5 Å². The Balaban J connectivity index is 0.00000261. The number of hydrogen-bond donors (Lipinski definition) is 3. The van der Waals surface area contributed by atoms with E-state index < -0.39 is 0 Å². The summed E-state index contributed by atoms with van der Waals surface area (Å²) in [5.74, 6) is 1.29. The molecule has 2 fully saturated rings. The van der Waals surface area contributed by atoms with Gasteiger partial charge in [-0.1, -0.05) is 30.2 Å². The molecule has 0 unspecified atom stereocenters. The second-order valence-corrected chi connectivity index (χ2v) is 7.85. The average molecular weight is 505 g/mol. The number of carbonyl (C=O) groups excluding carboxylic acids is 1. The first-order valence-corrected chi connectivity index (χ1v) is 9.99. The normalized spacial score (nSPS) is 18.1. The molecule has 0 aromatic heterocycles. The lowest BCUT2D eigenvalue weighted by atomic mass is 9.85. The summed E-state index contributed by atoms with van der Waals surface area (Å²) in [6.07, 6.45) is 6.52. The smallest absolute Gasteiger partial charge is 0.223 e. The van der Waals surface area contributed by atoms with Crippen molar-refractivity contribution in [1.82, 2.24) is 16.0 Å². The summed E-state index contributed by atoms with van der Waals surface area (Å²) in [7, 11) is 1.78. The summed E-state index contributed by atoms with van der Waals surface area (Å²) < 4.78 is 0. The molecular weight excluding hydrogens is 475 g/mol. The molecular formula is C20H30ClIN4O. The van der Waals surface area contributed by atoms with E-state index in [1.807, 2.05) is 12.1 Å². The second kappa shape index (κ2) is 10.5. The SMILES string of the molecule is CN=C(NCCCNC(=O)C1CCC1)NCC1(c2cccc(Cl)c2)CC1.I. The first-order valence-electron chi connectivity index (χ1n) is 9.61. The van der Waals surface area contributed by atoms with Gasteiger partial charge in [0.05, 0.1) is 0 Å². The summed E-state index contributed by atoms with van der Waals surface area (Å²) in [5, 5.41) is 10.6. The fourth-order valence-electron chi connectivity index (χ4n) is 3.33. The number of benzene rings is 1. The molecule has 2 aliphatic carbocycles. The summed E-state index contributed by atoms with van der Waals surface area (Å²) in [5.41, 5.74) is 1.48. The molecule has 0 radical (unpaired) electrons. The molecule has 0 spiro atoms. The predicted molar refractivity (Wildman–Crippen MR) is 122 cm³/mol. The number of aliphatic imine (C=N–C) groups is 1. The van der Waals surface area contributed by atoms with Crippen LogP contribution >= 0.6 is 35.6 Å². The van der Waals surface area contributed by atoms with Gasteiger partial charge in [0, 0.05) is 43.0 Å². The third kappa shape index (κ3) is 6.24. The molecule has 150 valence electrons. The molecule has 3 N–H and O–H groups in total. The van der Waals surface area contributed by atoms with E-state index in [1.54, 1.807) is 7.05 Å². The number of guanidine groups is 1. The molecule has 5 nitrogen and oxygen atoms in total. The summed E-state index contributed by atoms with van der Waals surface area (Å²) in [6, 6.07) is 8.15. The van der Waals surface area contributed by atoms with Crippen molar-refractivity contribution in [2.45, 2.75) is 43.9 Å². The number of amides is 1. The summed E-state index contributed by atoms with van der Waals surface area (Å²) in [6.45, 7) is 2.35. The van der Waals surface area contributed by atoms with Gasteiger partial charge in [0.1, 0.15) is 0 Å². The first-order chi connectivity index (χ1) is 12.6. The molecule has 1 aromatic carbocycles. The van der Waals surface area contributed by atoms with Crippen molar-refractivity contribution in [2.24, 2.45) is 10.9 Å². The maximum Gasteiger partial charge on any atom is 0.223 e. The van der Waals surface area contributed by atoms with Gasteiger partial charge in [0.15, 0.2) is 5.96 Å². The van der Waals surface area contributed by atoms with Crippen molar-refractivity contribution in [3.8, 4) is 0 Å². The standard InChI is InChI=1S/C20H29ClN4O.HI/c1-22-19(24-12-4-11-23-18(26)15-5-2-6-15)25-14-20(9-10-20)16-7-3-8-17(21)13-16;/h3,7-8,13,15H,2,4-6,9-12,14H2,1H3,(H,23,26)(H2,22,24,25);1H. The van der Waals surface area contributed by atoms with Crippen LogP contribution in [0.5, 0.6) is 0 Å². The molecule has 0 saturated heterocycles. The van der Waals surface area contributed by atoms with Crippen LogP contribution in [0.25, 0.3) is 0 Å². The maximum absolute atomic E-state index is 11.8. The lowest BCUT2D eigenvalue weighted by Crippen LogP contribution is -2.42. The number of nitrogens with zero attached hydrogens (tertiary/aromatic N) is 1. The van der Waals surface area contributed by atoms with Gasteiger partial charge < -0.3 is 16.0 Å². The van der Waals surface area contributed by atoms with E-state index in [0.717, 1.165) is 43.3 Å². The van der Waals surface area contributed by atoms with Crippen molar-refractivity contribution in [3.63, 3.8) is 0 Å². The summed E-state index contributed by atoms with van der Waals surface area (Å²) >= 11 is 6.14. The molecule has 0 atom stereocenters. The number of hydrogen-bond acceptors (Lipinski definition) is 2. The minimum Gasteiger partial charge on any atom is -0.356 e. The van der Waals surface area contributed by atoms with Gasteiger partial charge >= 0.3 is 0 Å². The summed E-state index contributed by atoms with van der Waals surface area (Å²) in [4.78, 5) is 16.1. The van der Waals surface area contributed by atoms with Gasteiger partial charge in [0.25, 0.3) is 0 Å². The first kappa shape index (κ1) is 22.3. The zero-order valence-electron chi connectivity index (χ0n) is 15.9. The second-order valence-electron chi connectivity index (χ2n) is 7.42. The van der Waals surface area contributed by atoms with Gasteiger partial charge in [-0.15, -0.1) is 24.0 Å². The van der Waals surface area contributed by atoms with E-state index in [1.165, 1.54) is 24.8 Å². The van der Waals surface area contributed by atoms with E-state index in [2.05, 4.69) is 33.1 Å². The van der Waals surface area contributed by atoms with Crippen LogP contribution in [0.2, 0.25) is 5.02 Å². The van der Waals surface area contributed by atoms with Gasteiger partial charge in [-0.05, 0) is 49.8 Å². The number of halogens is 2. The van der Waals surface area contributed by atoms with Crippen molar-refractivity contribution >= 4 is 47.4 Å². The van der Waals surface area contributed by atoms with E-state index in [9.17, 15) is 4.79 Å². The highest BCUT2D eigenvalue weighted by atomic mass is 127. The van der Waals surface area contributed by atoms with Gasteiger partial charge in [0.2, 0.25) is 5.91 Å². The minimum atomic E-state index is 0. The number of carbonyl (C=O) groups is 1. The quantitative estimate of drug-likeness (QED) is 0.220. The highest BCUT2D eigenvalue weighted by Gasteiger charge is 2.44.